The molecule has 0 aliphatic carbocycles. The SMILES string of the molecule is N#CCCCOc1cccc(-c2n[nH]nc2C(N)=O)c1. The number of benzene rings is 1. The summed E-state index contributed by atoms with van der Waals surface area (Å²) < 4.78 is 5.52. The molecule has 0 aliphatic heterocycles. The molecule has 7 nitrogen and oxygen atoms in total. The molecule has 0 radical (unpaired) electrons. The van der Waals surface area contributed by atoms with Crippen LogP contribution in [0.15, 0.2) is 24.3 Å². The van der Waals surface area contributed by atoms with Crippen LogP contribution in [0.1, 0.15) is 23.3 Å². The molecule has 20 heavy (non-hydrogen) atoms. The molecular weight excluding hydrogens is 258 g/mol. The van der Waals surface area contributed by atoms with Gasteiger partial charge in [-0.3, -0.25) is 4.79 Å². The van der Waals surface area contributed by atoms with E-state index in [0.717, 1.165) is 0 Å². The van der Waals surface area contributed by atoms with Crippen molar-refractivity contribution in [2.24, 2.45) is 5.73 Å². The second-order valence-corrected chi connectivity index (χ2v) is 4.02. The first-order valence-electron chi connectivity index (χ1n) is 6.03. The molecule has 0 unspecified atom stereocenters. The Morgan fingerprint density at radius 3 is 3.05 bits per heavy atom. The number of nitrogens with two attached hydrogens (primary N) is 1. The van der Waals surface area contributed by atoms with E-state index in [1.807, 2.05) is 0 Å². The van der Waals surface area contributed by atoms with Crippen molar-refractivity contribution in [3.63, 3.8) is 0 Å². The van der Waals surface area contributed by atoms with Crippen LogP contribution in [0.3, 0.4) is 0 Å². The fourth-order valence-electron chi connectivity index (χ4n) is 1.68. The summed E-state index contributed by atoms with van der Waals surface area (Å²) in [6.45, 7) is 0.457. The highest BCUT2D eigenvalue weighted by Crippen LogP contribution is 2.24. The number of ether oxygens (including phenoxy) is 1. The van der Waals surface area contributed by atoms with Gasteiger partial charge in [-0.15, -0.1) is 0 Å². The Bertz CT molecular complexity index is 644. The zero-order chi connectivity index (χ0) is 14.4. The normalized spacial score (nSPS) is 9.95. The third-order valence-electron chi connectivity index (χ3n) is 2.59. The predicted molar refractivity (Wildman–Crippen MR) is 70.7 cm³/mol. The van der Waals surface area contributed by atoms with Crippen molar-refractivity contribution in [1.82, 2.24) is 15.4 Å². The Kier molecular flexibility index (Phi) is 4.29. The number of carbonyl (C=O) groups is 1. The van der Waals surface area contributed by atoms with E-state index >= 15 is 0 Å². The van der Waals surface area contributed by atoms with Gasteiger partial charge in [-0.05, 0) is 18.6 Å². The molecule has 0 spiro atoms. The molecule has 0 fully saturated rings. The lowest BCUT2D eigenvalue weighted by Crippen LogP contribution is -2.12. The van der Waals surface area contributed by atoms with E-state index < -0.39 is 5.91 Å². The van der Waals surface area contributed by atoms with E-state index in [9.17, 15) is 4.79 Å². The van der Waals surface area contributed by atoms with E-state index in [4.69, 9.17) is 15.7 Å². The molecule has 102 valence electrons. The molecule has 1 heterocycles. The quantitative estimate of drug-likeness (QED) is 0.766. The molecule has 7 heteroatoms. The van der Waals surface area contributed by atoms with E-state index in [1.54, 1.807) is 24.3 Å². The van der Waals surface area contributed by atoms with Crippen molar-refractivity contribution < 1.29 is 9.53 Å². The summed E-state index contributed by atoms with van der Waals surface area (Å²) in [6.07, 6.45) is 1.12. The molecule has 1 aromatic heterocycles. The zero-order valence-corrected chi connectivity index (χ0v) is 10.7. The molecule has 0 aliphatic rings. The third-order valence-corrected chi connectivity index (χ3v) is 2.59. The van der Waals surface area contributed by atoms with Gasteiger partial charge in [0.15, 0.2) is 5.69 Å². The van der Waals surface area contributed by atoms with E-state index in [1.165, 1.54) is 0 Å². The number of carbonyl (C=O) groups excluding carboxylic acids is 1. The minimum Gasteiger partial charge on any atom is -0.494 e. The minimum absolute atomic E-state index is 0.0895. The number of nitrogens with zero attached hydrogens (tertiary/aromatic N) is 3. The molecule has 0 saturated heterocycles. The highest BCUT2D eigenvalue weighted by Gasteiger charge is 2.15. The monoisotopic (exact) mass is 271 g/mol. The first-order chi connectivity index (χ1) is 9.72. The van der Waals surface area contributed by atoms with Crippen molar-refractivity contribution in [3.8, 4) is 23.1 Å². The molecule has 2 rings (SSSR count). The Balaban J connectivity index is 2.15. The maximum absolute atomic E-state index is 11.2. The first kappa shape index (κ1) is 13.5. The van der Waals surface area contributed by atoms with E-state index in [-0.39, 0.29) is 5.69 Å². The van der Waals surface area contributed by atoms with Gasteiger partial charge in [0.1, 0.15) is 11.4 Å². The minimum atomic E-state index is -0.644. The summed E-state index contributed by atoms with van der Waals surface area (Å²) in [7, 11) is 0. The van der Waals surface area contributed by atoms with Crippen LogP contribution in [0.4, 0.5) is 0 Å². The van der Waals surface area contributed by atoms with Crippen molar-refractivity contribution in [2.45, 2.75) is 12.8 Å². The Morgan fingerprint density at radius 1 is 1.45 bits per heavy atom. The van der Waals surface area contributed by atoms with Crippen LogP contribution in [-0.2, 0) is 0 Å². The summed E-state index contributed by atoms with van der Waals surface area (Å²) in [4.78, 5) is 11.2. The number of aromatic amines is 1. The van der Waals surface area contributed by atoms with Gasteiger partial charge in [0.25, 0.3) is 5.91 Å². The Hall–Kier alpha value is -2.88. The first-order valence-corrected chi connectivity index (χ1v) is 6.03. The second kappa shape index (κ2) is 6.33. The third kappa shape index (κ3) is 3.11. The highest BCUT2D eigenvalue weighted by atomic mass is 16.5. The topological polar surface area (TPSA) is 118 Å². The van der Waals surface area contributed by atoms with E-state index in [2.05, 4.69) is 21.5 Å². The number of rotatable bonds is 6. The van der Waals surface area contributed by atoms with Gasteiger partial charge in [-0.2, -0.15) is 20.7 Å². The van der Waals surface area contributed by atoms with Crippen LogP contribution >= 0.6 is 0 Å². The molecule has 0 bridgehead atoms. The largest absolute Gasteiger partial charge is 0.494 e. The summed E-state index contributed by atoms with van der Waals surface area (Å²) in [5.74, 6) is -0.00653. The van der Waals surface area contributed by atoms with Gasteiger partial charge in [-0.25, -0.2) is 0 Å². The molecule has 1 amide bonds. The summed E-state index contributed by atoms with van der Waals surface area (Å²) in [5.41, 5.74) is 6.39. The van der Waals surface area contributed by atoms with Crippen molar-refractivity contribution in [1.29, 1.82) is 5.26 Å². The zero-order valence-electron chi connectivity index (χ0n) is 10.7. The summed E-state index contributed by atoms with van der Waals surface area (Å²) in [5, 5.41) is 18.5. The van der Waals surface area contributed by atoms with Gasteiger partial charge in [0, 0.05) is 12.0 Å². The number of H-pyrrole nitrogens is 1. The molecule has 3 N–H and O–H groups in total. The number of hydrogen-bond donors (Lipinski definition) is 2. The summed E-state index contributed by atoms with van der Waals surface area (Å²) >= 11 is 0. The molecule has 0 atom stereocenters. The number of hydrogen-bond acceptors (Lipinski definition) is 5. The molecule has 0 saturated carbocycles. The average Bonchev–Trinajstić information content (AvgIpc) is 2.94. The Morgan fingerprint density at radius 2 is 2.30 bits per heavy atom. The number of primary amides is 1. The van der Waals surface area contributed by atoms with Gasteiger partial charge in [0.2, 0.25) is 0 Å². The van der Waals surface area contributed by atoms with Crippen LogP contribution in [0.5, 0.6) is 5.75 Å². The molecule has 1 aromatic carbocycles. The predicted octanol–water partition coefficient (Wildman–Crippen LogP) is 1.25. The number of nitriles is 1. The van der Waals surface area contributed by atoms with Crippen LogP contribution in [0, 0.1) is 11.3 Å². The maximum atomic E-state index is 11.2. The van der Waals surface area contributed by atoms with Crippen LogP contribution < -0.4 is 10.5 Å². The van der Waals surface area contributed by atoms with Crippen LogP contribution in [0.25, 0.3) is 11.3 Å². The highest BCUT2D eigenvalue weighted by molar-refractivity contribution is 5.96. The lowest BCUT2D eigenvalue weighted by atomic mass is 10.1. The summed E-state index contributed by atoms with van der Waals surface area (Å²) in [6, 6.07) is 9.16. The maximum Gasteiger partial charge on any atom is 0.271 e. The standard InChI is InChI=1S/C13H13N5O2/c14-6-1-2-7-20-10-5-3-4-9(8-10)11-12(13(15)19)17-18-16-11/h3-5,8H,1-2,7H2,(H2,15,19)(H,16,17,18). The fraction of sp³-hybridized carbons (Fsp3) is 0.231. The smallest absolute Gasteiger partial charge is 0.271 e. The average molecular weight is 271 g/mol. The van der Waals surface area contributed by atoms with Gasteiger partial charge in [-0.1, -0.05) is 12.1 Å². The number of unbranched alkanes of at least 4 members (excludes halogenated alkanes) is 1. The van der Waals surface area contributed by atoms with Crippen molar-refractivity contribution in [2.75, 3.05) is 6.61 Å². The lowest BCUT2D eigenvalue weighted by molar-refractivity contribution is 0.0996. The van der Waals surface area contributed by atoms with Crippen LogP contribution in [0.2, 0.25) is 0 Å². The van der Waals surface area contributed by atoms with Gasteiger partial charge >= 0.3 is 0 Å². The lowest BCUT2D eigenvalue weighted by Gasteiger charge is -2.06. The number of amides is 1. The van der Waals surface area contributed by atoms with Gasteiger partial charge in [0.05, 0.1) is 12.7 Å². The van der Waals surface area contributed by atoms with Crippen molar-refractivity contribution in [3.05, 3.63) is 30.0 Å². The number of nitrogens with one attached hydrogen (secondary N) is 1. The Labute approximate surface area is 115 Å². The molecule has 2 aromatic rings. The van der Waals surface area contributed by atoms with Crippen LogP contribution in [-0.4, -0.2) is 27.9 Å². The molecular formula is C13H13N5O2. The van der Waals surface area contributed by atoms with Crippen molar-refractivity contribution >= 4 is 5.91 Å². The fourth-order valence-corrected chi connectivity index (χ4v) is 1.68. The second-order valence-electron chi connectivity index (χ2n) is 4.02. The number of aromatic nitrogens is 3. The van der Waals surface area contributed by atoms with E-state index in [0.29, 0.717) is 36.5 Å². The van der Waals surface area contributed by atoms with Gasteiger partial charge < -0.3 is 10.5 Å².